The van der Waals surface area contributed by atoms with E-state index in [4.69, 9.17) is 0 Å². The van der Waals surface area contributed by atoms with Gasteiger partial charge in [0.2, 0.25) is 0 Å². The lowest BCUT2D eigenvalue weighted by molar-refractivity contribution is 1.11. The zero-order valence-corrected chi connectivity index (χ0v) is 8.68. The number of pyridine rings is 1. The predicted molar refractivity (Wildman–Crippen MR) is 49.6 cm³/mol. The molecule has 1 nitrogen and oxygen atoms in total. The van der Waals surface area contributed by atoms with Gasteiger partial charge in [-0.2, -0.15) is 0 Å². The Labute approximate surface area is 77.1 Å². The van der Waals surface area contributed by atoms with Crippen molar-refractivity contribution >= 4 is 31.9 Å². The average Bonchev–Trinajstić information content (AvgIpc) is 1.88. The van der Waals surface area contributed by atoms with Crippen molar-refractivity contribution in [3.8, 4) is 0 Å². The molecule has 0 N–H and O–H groups in total. The van der Waals surface area contributed by atoms with Crippen molar-refractivity contribution in [1.29, 1.82) is 0 Å². The van der Waals surface area contributed by atoms with E-state index in [1.165, 1.54) is 0 Å². The molecule has 0 amide bonds. The molecule has 0 radical (unpaired) electrons. The van der Waals surface area contributed by atoms with Crippen LogP contribution in [0.3, 0.4) is 0 Å². The molecule has 54 valence electrons. The highest BCUT2D eigenvalue weighted by Gasteiger charge is 2.01. The first kappa shape index (κ1) is 8.21. The quantitative estimate of drug-likeness (QED) is 0.710. The zero-order valence-electron chi connectivity index (χ0n) is 5.51. The summed E-state index contributed by atoms with van der Waals surface area (Å²) in [6.45, 7) is 1.98. The van der Waals surface area contributed by atoms with E-state index in [9.17, 15) is 0 Å². The highest BCUT2D eigenvalue weighted by Crippen LogP contribution is 2.26. The standard InChI is InChI=1S/C7H7Br2N/c1-5-3-2-4-6(10-5)7(8)9/h2-4,7H,1H3. The van der Waals surface area contributed by atoms with Gasteiger partial charge in [-0.25, -0.2) is 0 Å². The molecule has 0 aliphatic heterocycles. The summed E-state index contributed by atoms with van der Waals surface area (Å²) in [7, 11) is 0. The Morgan fingerprint density at radius 1 is 1.40 bits per heavy atom. The van der Waals surface area contributed by atoms with E-state index >= 15 is 0 Å². The molecule has 0 spiro atoms. The molecule has 0 saturated heterocycles. The largest absolute Gasteiger partial charge is 0.256 e. The van der Waals surface area contributed by atoms with E-state index in [1.54, 1.807) is 0 Å². The van der Waals surface area contributed by atoms with Crippen LogP contribution < -0.4 is 0 Å². The van der Waals surface area contributed by atoms with Crippen LogP contribution in [0.2, 0.25) is 0 Å². The molecule has 0 atom stereocenters. The van der Waals surface area contributed by atoms with Crippen LogP contribution in [0.5, 0.6) is 0 Å². The number of hydrogen-bond acceptors (Lipinski definition) is 1. The molecule has 0 aromatic carbocycles. The van der Waals surface area contributed by atoms with E-state index in [0.29, 0.717) is 0 Å². The third-order valence-corrected chi connectivity index (χ3v) is 2.07. The number of hydrogen-bond donors (Lipinski definition) is 0. The molecular weight excluding hydrogens is 258 g/mol. The molecule has 1 aromatic rings. The van der Waals surface area contributed by atoms with Crippen molar-refractivity contribution in [2.45, 2.75) is 10.7 Å². The molecule has 0 fully saturated rings. The molecule has 0 aliphatic carbocycles. The maximum absolute atomic E-state index is 4.28. The van der Waals surface area contributed by atoms with Gasteiger partial charge >= 0.3 is 0 Å². The maximum Gasteiger partial charge on any atom is 0.112 e. The van der Waals surface area contributed by atoms with Crippen LogP contribution in [0.4, 0.5) is 0 Å². The summed E-state index contributed by atoms with van der Waals surface area (Å²) < 4.78 is 0.167. The predicted octanol–water partition coefficient (Wildman–Crippen LogP) is 3.18. The molecule has 0 aliphatic rings. The highest BCUT2D eigenvalue weighted by atomic mass is 79.9. The van der Waals surface area contributed by atoms with Gasteiger partial charge in [0, 0.05) is 5.69 Å². The summed E-state index contributed by atoms with van der Waals surface area (Å²) in [5.74, 6) is 0. The minimum absolute atomic E-state index is 0.167. The molecule has 0 saturated carbocycles. The van der Waals surface area contributed by atoms with Gasteiger partial charge in [-0.3, -0.25) is 4.98 Å². The van der Waals surface area contributed by atoms with Gasteiger partial charge in [-0.05, 0) is 19.1 Å². The van der Waals surface area contributed by atoms with Crippen molar-refractivity contribution in [2.75, 3.05) is 0 Å². The van der Waals surface area contributed by atoms with Gasteiger partial charge in [0.1, 0.15) is 3.74 Å². The fourth-order valence-electron chi connectivity index (χ4n) is 0.686. The molecule has 0 bridgehead atoms. The first-order valence-corrected chi connectivity index (χ1v) is 4.75. The second-order valence-electron chi connectivity index (χ2n) is 2.00. The number of halogens is 2. The van der Waals surface area contributed by atoms with Crippen molar-refractivity contribution in [1.82, 2.24) is 4.98 Å². The number of rotatable bonds is 1. The van der Waals surface area contributed by atoms with Gasteiger partial charge in [0.05, 0.1) is 5.69 Å². The summed E-state index contributed by atoms with van der Waals surface area (Å²) >= 11 is 6.74. The first-order valence-electron chi connectivity index (χ1n) is 2.92. The van der Waals surface area contributed by atoms with Crippen LogP contribution in [0, 0.1) is 6.92 Å². The molecule has 1 aromatic heterocycles. The summed E-state index contributed by atoms with van der Waals surface area (Å²) in [6, 6.07) is 5.94. The van der Waals surface area contributed by atoms with Gasteiger partial charge in [0.25, 0.3) is 0 Å². The van der Waals surface area contributed by atoms with Gasteiger partial charge in [-0.1, -0.05) is 37.9 Å². The van der Waals surface area contributed by atoms with E-state index in [-0.39, 0.29) is 3.74 Å². The van der Waals surface area contributed by atoms with Crippen molar-refractivity contribution < 1.29 is 0 Å². The average molecular weight is 265 g/mol. The summed E-state index contributed by atoms with van der Waals surface area (Å²) in [5, 5.41) is 0. The third-order valence-electron chi connectivity index (χ3n) is 1.13. The van der Waals surface area contributed by atoms with Gasteiger partial charge in [0.15, 0.2) is 0 Å². The van der Waals surface area contributed by atoms with Crippen LogP contribution in [0.25, 0.3) is 0 Å². The van der Waals surface area contributed by atoms with Gasteiger partial charge in [-0.15, -0.1) is 0 Å². The van der Waals surface area contributed by atoms with E-state index < -0.39 is 0 Å². The Bertz CT molecular complexity index is 223. The lowest BCUT2D eigenvalue weighted by Gasteiger charge is -2.00. The molecule has 10 heavy (non-hydrogen) atoms. The van der Waals surface area contributed by atoms with Crippen molar-refractivity contribution in [3.05, 3.63) is 29.6 Å². The Hall–Kier alpha value is 0.110. The van der Waals surface area contributed by atoms with Crippen LogP contribution in [0.15, 0.2) is 18.2 Å². The zero-order chi connectivity index (χ0) is 7.56. The molecule has 1 heterocycles. The molecule has 1 rings (SSSR count). The fourth-order valence-corrected chi connectivity index (χ4v) is 1.20. The molecule has 3 heteroatoms. The van der Waals surface area contributed by atoms with Crippen molar-refractivity contribution in [3.63, 3.8) is 0 Å². The van der Waals surface area contributed by atoms with E-state index in [2.05, 4.69) is 36.8 Å². The molecule has 0 unspecified atom stereocenters. The topological polar surface area (TPSA) is 12.9 Å². The lowest BCUT2D eigenvalue weighted by atomic mass is 10.3. The second kappa shape index (κ2) is 3.49. The second-order valence-corrected chi connectivity index (χ2v) is 5.06. The Balaban J connectivity index is 2.96. The van der Waals surface area contributed by atoms with Crippen LogP contribution in [0.1, 0.15) is 15.1 Å². The maximum atomic E-state index is 4.28. The van der Waals surface area contributed by atoms with E-state index in [0.717, 1.165) is 11.4 Å². The van der Waals surface area contributed by atoms with Crippen LogP contribution in [-0.4, -0.2) is 4.98 Å². The monoisotopic (exact) mass is 263 g/mol. The van der Waals surface area contributed by atoms with Crippen LogP contribution in [-0.2, 0) is 0 Å². The van der Waals surface area contributed by atoms with Crippen LogP contribution >= 0.6 is 31.9 Å². The fraction of sp³-hybridized carbons (Fsp3) is 0.286. The Morgan fingerprint density at radius 2 is 2.10 bits per heavy atom. The SMILES string of the molecule is Cc1cccc(C(Br)Br)n1. The molecular formula is C7H7Br2N. The third kappa shape index (κ3) is 2.06. The Morgan fingerprint density at radius 3 is 2.50 bits per heavy atom. The number of nitrogens with zero attached hydrogens (tertiary/aromatic N) is 1. The lowest BCUT2D eigenvalue weighted by Crippen LogP contribution is -1.88. The summed E-state index contributed by atoms with van der Waals surface area (Å²) in [6.07, 6.45) is 0. The summed E-state index contributed by atoms with van der Waals surface area (Å²) in [5.41, 5.74) is 2.06. The smallest absolute Gasteiger partial charge is 0.112 e. The van der Waals surface area contributed by atoms with Gasteiger partial charge < -0.3 is 0 Å². The minimum atomic E-state index is 0.167. The number of aromatic nitrogens is 1. The van der Waals surface area contributed by atoms with E-state index in [1.807, 2.05) is 25.1 Å². The number of alkyl halides is 2. The minimum Gasteiger partial charge on any atom is -0.256 e. The van der Waals surface area contributed by atoms with Crippen molar-refractivity contribution in [2.24, 2.45) is 0 Å². The normalized spacial score (nSPS) is 10.4. The first-order chi connectivity index (χ1) is 4.70. The highest BCUT2D eigenvalue weighted by molar-refractivity contribution is 9.24. The Kier molecular flexibility index (Phi) is 2.86. The summed E-state index contributed by atoms with van der Waals surface area (Å²) in [4.78, 5) is 4.28. The number of aryl methyl sites for hydroxylation is 1.